The van der Waals surface area contributed by atoms with Gasteiger partial charge in [-0.2, -0.15) is 0 Å². The number of benzene rings is 1. The molecule has 30 heavy (non-hydrogen) atoms. The second-order valence-electron chi connectivity index (χ2n) is 9.85. The van der Waals surface area contributed by atoms with Crippen LogP contribution in [0.25, 0.3) is 0 Å². The fourth-order valence-corrected chi connectivity index (χ4v) is 4.56. The van der Waals surface area contributed by atoms with Crippen molar-refractivity contribution in [2.24, 2.45) is 11.8 Å². The van der Waals surface area contributed by atoms with E-state index in [0.29, 0.717) is 13.0 Å². The number of para-hydroxylation sites is 1. The number of rotatable bonds is 5. The predicted octanol–water partition coefficient (Wildman–Crippen LogP) is 2.97. The van der Waals surface area contributed by atoms with E-state index < -0.39 is 5.54 Å². The van der Waals surface area contributed by atoms with E-state index in [1.54, 1.807) is 0 Å². The van der Waals surface area contributed by atoms with E-state index in [2.05, 4.69) is 24.5 Å². The number of carbonyl (C=O) groups is 2. The number of nitrogens with zero attached hydrogens (tertiary/aromatic N) is 1. The number of ether oxygens (including phenoxy) is 1. The molecule has 7 nitrogen and oxygen atoms in total. The highest BCUT2D eigenvalue weighted by Gasteiger charge is 2.47. The SMILES string of the molecule is CCC1(C)CC(NC(=O)[C@@H]2C[C@H]2CN2C(=N)NC(C)(C)CC2=O)c2ccccc2O1. The minimum Gasteiger partial charge on any atom is -0.487 e. The summed E-state index contributed by atoms with van der Waals surface area (Å²) in [6.45, 7) is 8.45. The van der Waals surface area contributed by atoms with Crippen LogP contribution in [0.2, 0.25) is 0 Å². The van der Waals surface area contributed by atoms with Crippen molar-refractivity contribution in [1.29, 1.82) is 5.41 Å². The van der Waals surface area contributed by atoms with Gasteiger partial charge in [-0.05, 0) is 45.6 Å². The van der Waals surface area contributed by atoms with Gasteiger partial charge in [-0.15, -0.1) is 0 Å². The fourth-order valence-electron chi connectivity index (χ4n) is 4.56. The first-order valence-electron chi connectivity index (χ1n) is 10.9. The lowest BCUT2D eigenvalue weighted by Gasteiger charge is -2.40. The molecule has 2 fully saturated rings. The molecule has 162 valence electrons. The Kier molecular flexibility index (Phi) is 5.03. The monoisotopic (exact) mass is 412 g/mol. The largest absolute Gasteiger partial charge is 0.487 e. The molecule has 0 aromatic heterocycles. The Morgan fingerprint density at radius 2 is 2.07 bits per heavy atom. The van der Waals surface area contributed by atoms with Crippen LogP contribution in [0.3, 0.4) is 0 Å². The molecule has 0 spiro atoms. The molecule has 1 aromatic rings. The zero-order valence-corrected chi connectivity index (χ0v) is 18.2. The maximum absolute atomic E-state index is 13.0. The van der Waals surface area contributed by atoms with Crippen molar-refractivity contribution in [2.45, 2.75) is 70.6 Å². The summed E-state index contributed by atoms with van der Waals surface area (Å²) in [5, 5.41) is 14.5. The summed E-state index contributed by atoms with van der Waals surface area (Å²) in [5.74, 6) is 0.955. The fraction of sp³-hybridized carbons (Fsp3) is 0.609. The average molecular weight is 413 g/mol. The Balaban J connectivity index is 1.39. The normalized spacial score (nSPS) is 32.0. The lowest BCUT2D eigenvalue weighted by Crippen LogP contribution is -2.60. The van der Waals surface area contributed by atoms with Gasteiger partial charge in [0.25, 0.3) is 0 Å². The number of hydrogen-bond donors (Lipinski definition) is 3. The van der Waals surface area contributed by atoms with Gasteiger partial charge >= 0.3 is 0 Å². The second kappa shape index (κ2) is 7.29. The highest BCUT2D eigenvalue weighted by Crippen LogP contribution is 2.43. The van der Waals surface area contributed by atoms with Gasteiger partial charge in [0, 0.05) is 36.4 Å². The van der Waals surface area contributed by atoms with Gasteiger partial charge in [-0.3, -0.25) is 19.9 Å². The van der Waals surface area contributed by atoms with Gasteiger partial charge in [-0.1, -0.05) is 25.1 Å². The molecule has 4 rings (SSSR count). The second-order valence-corrected chi connectivity index (χ2v) is 9.85. The van der Waals surface area contributed by atoms with E-state index in [0.717, 1.165) is 30.6 Å². The minimum atomic E-state index is -0.395. The first-order chi connectivity index (χ1) is 14.1. The Morgan fingerprint density at radius 3 is 2.77 bits per heavy atom. The van der Waals surface area contributed by atoms with Crippen LogP contribution in [-0.2, 0) is 9.59 Å². The highest BCUT2D eigenvalue weighted by atomic mass is 16.5. The Labute approximate surface area is 178 Å². The van der Waals surface area contributed by atoms with Gasteiger partial charge in [-0.25, -0.2) is 0 Å². The van der Waals surface area contributed by atoms with E-state index in [-0.39, 0.29) is 41.3 Å². The van der Waals surface area contributed by atoms with E-state index in [1.807, 2.05) is 38.1 Å². The minimum absolute atomic E-state index is 0.0319. The molecule has 7 heteroatoms. The number of amides is 2. The third-order valence-electron chi connectivity index (χ3n) is 6.65. The summed E-state index contributed by atoms with van der Waals surface area (Å²) >= 11 is 0. The van der Waals surface area contributed by atoms with Gasteiger partial charge in [0.15, 0.2) is 5.96 Å². The van der Waals surface area contributed by atoms with E-state index in [9.17, 15) is 9.59 Å². The van der Waals surface area contributed by atoms with Crippen molar-refractivity contribution >= 4 is 17.8 Å². The number of fused-ring (bicyclic) bond motifs is 1. The van der Waals surface area contributed by atoms with Crippen molar-refractivity contribution < 1.29 is 14.3 Å². The van der Waals surface area contributed by atoms with Crippen LogP contribution < -0.4 is 15.4 Å². The first kappa shape index (κ1) is 20.7. The van der Waals surface area contributed by atoms with E-state index in [4.69, 9.17) is 10.1 Å². The summed E-state index contributed by atoms with van der Waals surface area (Å²) < 4.78 is 6.19. The quantitative estimate of drug-likeness (QED) is 0.693. The zero-order valence-electron chi connectivity index (χ0n) is 18.2. The summed E-state index contributed by atoms with van der Waals surface area (Å²) in [5.41, 5.74) is 0.324. The van der Waals surface area contributed by atoms with Crippen LogP contribution in [0.4, 0.5) is 0 Å². The summed E-state index contributed by atoms with van der Waals surface area (Å²) in [6.07, 6.45) is 2.70. The first-order valence-corrected chi connectivity index (χ1v) is 10.9. The molecule has 3 N–H and O–H groups in total. The number of carbonyl (C=O) groups excluding carboxylic acids is 2. The molecule has 2 heterocycles. The van der Waals surface area contributed by atoms with Crippen LogP contribution in [0.1, 0.15) is 65.0 Å². The van der Waals surface area contributed by atoms with E-state index >= 15 is 0 Å². The van der Waals surface area contributed by atoms with Crippen LogP contribution in [0, 0.1) is 17.2 Å². The molecular weight excluding hydrogens is 380 g/mol. The molecule has 1 saturated carbocycles. The lowest BCUT2D eigenvalue weighted by molar-refractivity contribution is -0.131. The summed E-state index contributed by atoms with van der Waals surface area (Å²) in [6, 6.07) is 7.82. The molecule has 3 aliphatic rings. The van der Waals surface area contributed by atoms with Crippen LogP contribution >= 0.6 is 0 Å². The lowest BCUT2D eigenvalue weighted by atomic mass is 9.86. The van der Waals surface area contributed by atoms with Gasteiger partial charge < -0.3 is 15.4 Å². The molecule has 0 bridgehead atoms. The molecular formula is C23H32N4O3. The van der Waals surface area contributed by atoms with Crippen molar-refractivity contribution in [3.8, 4) is 5.75 Å². The maximum atomic E-state index is 13.0. The number of guanidine groups is 1. The van der Waals surface area contributed by atoms with Crippen molar-refractivity contribution in [2.75, 3.05) is 6.54 Å². The average Bonchev–Trinajstić information content (AvgIpc) is 3.43. The predicted molar refractivity (Wildman–Crippen MR) is 114 cm³/mol. The maximum Gasteiger partial charge on any atom is 0.231 e. The zero-order chi connectivity index (χ0) is 21.7. The van der Waals surface area contributed by atoms with Crippen molar-refractivity contribution in [3.05, 3.63) is 29.8 Å². The standard InChI is InChI=1S/C23H32N4O3/c1-5-23(4)11-17(15-8-6-7-9-18(15)30-23)25-20(29)16-10-14(16)13-27-19(28)12-22(2,3)26-21(27)24/h6-9,14,16-17H,5,10-13H2,1-4H3,(H2,24,26)(H,25,29)/t14-,16+,17?,23?/m0/s1. The van der Waals surface area contributed by atoms with Crippen molar-refractivity contribution in [1.82, 2.24) is 15.5 Å². The number of hydrogen-bond acceptors (Lipinski definition) is 4. The summed E-state index contributed by atoms with van der Waals surface area (Å²) in [4.78, 5) is 26.9. The van der Waals surface area contributed by atoms with Crippen LogP contribution in [0.5, 0.6) is 5.75 Å². The molecule has 0 radical (unpaired) electrons. The topological polar surface area (TPSA) is 94.5 Å². The molecule has 1 aliphatic carbocycles. The van der Waals surface area contributed by atoms with Crippen LogP contribution in [0.15, 0.2) is 24.3 Å². The molecule has 1 aromatic carbocycles. The smallest absolute Gasteiger partial charge is 0.231 e. The third-order valence-corrected chi connectivity index (χ3v) is 6.65. The molecule has 4 atom stereocenters. The van der Waals surface area contributed by atoms with Gasteiger partial charge in [0.2, 0.25) is 11.8 Å². The van der Waals surface area contributed by atoms with Gasteiger partial charge in [0.05, 0.1) is 6.04 Å². The van der Waals surface area contributed by atoms with Crippen LogP contribution in [-0.4, -0.2) is 40.4 Å². The molecule has 1 saturated heterocycles. The molecule has 2 unspecified atom stereocenters. The summed E-state index contributed by atoms with van der Waals surface area (Å²) in [7, 11) is 0. The van der Waals surface area contributed by atoms with E-state index in [1.165, 1.54) is 4.90 Å². The molecule has 2 amide bonds. The Hall–Kier alpha value is -2.57. The number of nitrogens with one attached hydrogen (secondary N) is 3. The Bertz CT molecular complexity index is 863. The van der Waals surface area contributed by atoms with Gasteiger partial charge in [0.1, 0.15) is 11.4 Å². The van der Waals surface area contributed by atoms with Crippen molar-refractivity contribution in [3.63, 3.8) is 0 Å². The molecule has 2 aliphatic heterocycles. The Morgan fingerprint density at radius 1 is 1.33 bits per heavy atom. The highest BCUT2D eigenvalue weighted by molar-refractivity contribution is 5.99. The third kappa shape index (κ3) is 4.02.